The second kappa shape index (κ2) is 7.36. The van der Waals surface area contributed by atoms with Gasteiger partial charge in [0.05, 0.1) is 13.2 Å². The van der Waals surface area contributed by atoms with Crippen LogP contribution in [0.4, 0.5) is 4.39 Å². The molecule has 0 aliphatic heterocycles. The zero-order valence-electron chi connectivity index (χ0n) is 11.1. The first kappa shape index (κ1) is 14.9. The minimum absolute atomic E-state index is 0.223. The van der Waals surface area contributed by atoms with Gasteiger partial charge in [0.15, 0.2) is 0 Å². The predicted molar refractivity (Wildman–Crippen MR) is 78.3 cm³/mol. The molecule has 2 rings (SSSR count). The summed E-state index contributed by atoms with van der Waals surface area (Å²) in [6.45, 7) is 1.93. The summed E-state index contributed by atoms with van der Waals surface area (Å²) < 4.78 is 19.8. The van der Waals surface area contributed by atoms with Crippen molar-refractivity contribution in [3.63, 3.8) is 0 Å². The van der Waals surface area contributed by atoms with Crippen molar-refractivity contribution in [1.82, 2.24) is 0 Å². The molecule has 1 aliphatic carbocycles. The van der Waals surface area contributed by atoms with Gasteiger partial charge < -0.3 is 10.5 Å². The van der Waals surface area contributed by atoms with Gasteiger partial charge in [-0.3, -0.25) is 0 Å². The normalized spacial score (nSPS) is 23.5. The SMILES string of the molecule is NCC1CCCCC1COCc1cc(F)ccc1Br. The van der Waals surface area contributed by atoms with Crippen LogP contribution in [0, 0.1) is 17.7 Å². The third-order valence-electron chi connectivity index (χ3n) is 3.97. The summed E-state index contributed by atoms with van der Waals surface area (Å²) in [7, 11) is 0. The Labute approximate surface area is 122 Å². The first-order chi connectivity index (χ1) is 9.20. The molecule has 0 radical (unpaired) electrons. The van der Waals surface area contributed by atoms with Crippen molar-refractivity contribution in [3.05, 3.63) is 34.1 Å². The second-order valence-corrected chi connectivity index (χ2v) is 6.15. The average molecular weight is 330 g/mol. The van der Waals surface area contributed by atoms with Crippen LogP contribution in [0.3, 0.4) is 0 Å². The van der Waals surface area contributed by atoms with Crippen LogP contribution in [0.2, 0.25) is 0 Å². The molecule has 1 fully saturated rings. The summed E-state index contributed by atoms with van der Waals surface area (Å²) in [5.74, 6) is 0.926. The zero-order valence-corrected chi connectivity index (χ0v) is 12.7. The number of hydrogen-bond donors (Lipinski definition) is 1. The highest BCUT2D eigenvalue weighted by molar-refractivity contribution is 9.10. The highest BCUT2D eigenvalue weighted by atomic mass is 79.9. The van der Waals surface area contributed by atoms with E-state index in [-0.39, 0.29) is 5.82 Å². The summed E-state index contributed by atoms with van der Waals surface area (Å²) in [5, 5.41) is 0. The largest absolute Gasteiger partial charge is 0.376 e. The fourth-order valence-corrected chi connectivity index (χ4v) is 3.15. The Morgan fingerprint density at radius 2 is 2.00 bits per heavy atom. The van der Waals surface area contributed by atoms with Crippen LogP contribution in [0.5, 0.6) is 0 Å². The maximum Gasteiger partial charge on any atom is 0.123 e. The van der Waals surface area contributed by atoms with E-state index < -0.39 is 0 Å². The quantitative estimate of drug-likeness (QED) is 0.889. The Morgan fingerprint density at radius 1 is 1.26 bits per heavy atom. The number of rotatable bonds is 5. The number of benzene rings is 1. The Bertz CT molecular complexity index is 413. The lowest BCUT2D eigenvalue weighted by atomic mass is 9.80. The third-order valence-corrected chi connectivity index (χ3v) is 4.74. The van der Waals surface area contributed by atoms with Crippen molar-refractivity contribution < 1.29 is 9.13 Å². The van der Waals surface area contributed by atoms with Crippen LogP contribution < -0.4 is 5.73 Å². The fraction of sp³-hybridized carbons (Fsp3) is 0.600. The van der Waals surface area contributed by atoms with Gasteiger partial charge in [-0.25, -0.2) is 4.39 Å². The molecule has 2 atom stereocenters. The van der Waals surface area contributed by atoms with E-state index in [0.717, 1.165) is 23.2 Å². The molecule has 1 aromatic carbocycles. The van der Waals surface area contributed by atoms with Gasteiger partial charge in [-0.05, 0) is 55.0 Å². The summed E-state index contributed by atoms with van der Waals surface area (Å²) in [5.41, 5.74) is 6.67. The van der Waals surface area contributed by atoms with E-state index in [4.69, 9.17) is 10.5 Å². The average Bonchev–Trinajstić information content (AvgIpc) is 2.43. The second-order valence-electron chi connectivity index (χ2n) is 5.29. The van der Waals surface area contributed by atoms with Crippen molar-refractivity contribution in [1.29, 1.82) is 0 Å². The lowest BCUT2D eigenvalue weighted by molar-refractivity contribution is 0.0509. The molecule has 19 heavy (non-hydrogen) atoms. The van der Waals surface area contributed by atoms with Crippen LogP contribution in [-0.4, -0.2) is 13.2 Å². The molecular formula is C15H21BrFNO. The minimum Gasteiger partial charge on any atom is -0.376 e. The highest BCUT2D eigenvalue weighted by Crippen LogP contribution is 2.30. The molecule has 2 nitrogen and oxygen atoms in total. The lowest BCUT2D eigenvalue weighted by Gasteiger charge is -2.30. The first-order valence-corrected chi connectivity index (χ1v) is 7.71. The zero-order chi connectivity index (χ0) is 13.7. The van der Waals surface area contributed by atoms with Crippen LogP contribution in [0.25, 0.3) is 0 Å². The van der Waals surface area contributed by atoms with Crippen LogP contribution >= 0.6 is 15.9 Å². The monoisotopic (exact) mass is 329 g/mol. The topological polar surface area (TPSA) is 35.2 Å². The number of nitrogens with two attached hydrogens (primary N) is 1. The van der Waals surface area contributed by atoms with E-state index in [1.807, 2.05) is 0 Å². The lowest BCUT2D eigenvalue weighted by Crippen LogP contribution is -2.29. The molecule has 1 aromatic rings. The van der Waals surface area contributed by atoms with E-state index in [2.05, 4.69) is 15.9 Å². The van der Waals surface area contributed by atoms with Gasteiger partial charge in [-0.15, -0.1) is 0 Å². The van der Waals surface area contributed by atoms with Gasteiger partial charge in [0, 0.05) is 4.47 Å². The number of ether oxygens (including phenoxy) is 1. The smallest absolute Gasteiger partial charge is 0.123 e. The molecule has 0 aromatic heterocycles. The van der Waals surface area contributed by atoms with E-state index in [1.54, 1.807) is 6.07 Å². The summed E-state index contributed by atoms with van der Waals surface area (Å²) in [6, 6.07) is 4.68. The van der Waals surface area contributed by atoms with Gasteiger partial charge in [0.2, 0.25) is 0 Å². The third kappa shape index (κ3) is 4.26. The maximum absolute atomic E-state index is 13.2. The molecule has 4 heteroatoms. The van der Waals surface area contributed by atoms with Gasteiger partial charge in [-0.2, -0.15) is 0 Å². The molecule has 2 unspecified atom stereocenters. The molecule has 0 bridgehead atoms. The minimum atomic E-state index is -0.223. The Hall–Kier alpha value is -0.450. The predicted octanol–water partition coefficient (Wildman–Crippen LogP) is 3.87. The molecular weight excluding hydrogens is 309 g/mol. The molecule has 0 amide bonds. The van der Waals surface area contributed by atoms with Gasteiger partial charge in [-0.1, -0.05) is 28.8 Å². The van der Waals surface area contributed by atoms with Gasteiger partial charge >= 0.3 is 0 Å². The maximum atomic E-state index is 13.2. The van der Waals surface area contributed by atoms with Crippen LogP contribution in [0.1, 0.15) is 31.2 Å². The fourth-order valence-electron chi connectivity index (χ4n) is 2.79. The number of hydrogen-bond acceptors (Lipinski definition) is 2. The Kier molecular flexibility index (Phi) is 5.79. The molecule has 0 heterocycles. The molecule has 1 aliphatic rings. The van der Waals surface area contributed by atoms with Crippen molar-refractivity contribution >= 4 is 15.9 Å². The molecule has 0 spiro atoms. The first-order valence-electron chi connectivity index (χ1n) is 6.92. The van der Waals surface area contributed by atoms with E-state index in [9.17, 15) is 4.39 Å². The van der Waals surface area contributed by atoms with Crippen molar-refractivity contribution in [2.24, 2.45) is 17.6 Å². The van der Waals surface area contributed by atoms with Crippen LogP contribution in [-0.2, 0) is 11.3 Å². The van der Waals surface area contributed by atoms with Gasteiger partial charge in [0.25, 0.3) is 0 Å². The van der Waals surface area contributed by atoms with E-state index in [1.165, 1.54) is 37.8 Å². The van der Waals surface area contributed by atoms with Crippen molar-refractivity contribution in [2.75, 3.05) is 13.2 Å². The summed E-state index contributed by atoms with van der Waals surface area (Å²) >= 11 is 3.42. The van der Waals surface area contributed by atoms with Crippen molar-refractivity contribution in [2.45, 2.75) is 32.3 Å². The summed E-state index contributed by atoms with van der Waals surface area (Å²) in [6.07, 6.45) is 4.97. The number of halogens is 2. The van der Waals surface area contributed by atoms with E-state index in [0.29, 0.717) is 18.4 Å². The van der Waals surface area contributed by atoms with Gasteiger partial charge in [0.1, 0.15) is 5.82 Å². The summed E-state index contributed by atoms with van der Waals surface area (Å²) in [4.78, 5) is 0. The van der Waals surface area contributed by atoms with Crippen LogP contribution in [0.15, 0.2) is 22.7 Å². The standard InChI is InChI=1S/C15H21BrFNO/c16-15-6-5-14(17)7-13(15)10-19-9-12-4-2-1-3-11(12)8-18/h5-7,11-12H,1-4,8-10,18H2. The Balaban J connectivity index is 1.83. The Morgan fingerprint density at radius 3 is 2.74 bits per heavy atom. The molecule has 106 valence electrons. The highest BCUT2D eigenvalue weighted by Gasteiger charge is 2.23. The molecule has 0 saturated heterocycles. The molecule has 2 N–H and O–H groups in total. The van der Waals surface area contributed by atoms with Crippen molar-refractivity contribution in [3.8, 4) is 0 Å². The molecule has 1 saturated carbocycles. The van der Waals surface area contributed by atoms with E-state index >= 15 is 0 Å².